The molecule has 0 bridgehead atoms. The Morgan fingerprint density at radius 1 is 0.463 bits per heavy atom. The van der Waals surface area contributed by atoms with Crippen LogP contribution in [0, 0.1) is 0 Å². The molecule has 0 saturated heterocycles. The molecule has 0 radical (unpaired) electrons. The lowest BCUT2D eigenvalue weighted by atomic mass is 9.92. The van der Waals surface area contributed by atoms with Gasteiger partial charge in [0.15, 0.2) is 17.5 Å². The molecule has 0 aliphatic heterocycles. The number of nitrogens with zero attached hydrogens (tertiary/aromatic N) is 3. The van der Waals surface area contributed by atoms with E-state index in [2.05, 4.69) is 110 Å². The Labute approximate surface area is 315 Å². The molecule has 54 heavy (non-hydrogen) atoms. The maximum atomic E-state index is 13.3. The summed E-state index contributed by atoms with van der Waals surface area (Å²) in [7, 11) is -2.80. The van der Waals surface area contributed by atoms with Gasteiger partial charge in [-0.1, -0.05) is 123 Å². The van der Waals surface area contributed by atoms with Gasteiger partial charge in [0, 0.05) is 32.8 Å². The van der Waals surface area contributed by atoms with Crippen molar-refractivity contribution in [2.24, 2.45) is 0 Å². The van der Waals surface area contributed by atoms with Gasteiger partial charge in [-0.25, -0.2) is 15.0 Å². The predicted octanol–water partition coefficient (Wildman–Crippen LogP) is 11.9. The van der Waals surface area contributed by atoms with E-state index in [9.17, 15) is 4.57 Å². The highest BCUT2D eigenvalue weighted by Crippen LogP contribution is 2.41. The van der Waals surface area contributed by atoms with Crippen LogP contribution in [0.4, 0.5) is 0 Å². The summed E-state index contributed by atoms with van der Waals surface area (Å²) >= 11 is 0. The summed E-state index contributed by atoms with van der Waals surface area (Å²) in [5.74, 6) is 1.79. The fourth-order valence-electron chi connectivity index (χ4n) is 7.14. The van der Waals surface area contributed by atoms with Gasteiger partial charge in [0.2, 0.25) is 0 Å². The van der Waals surface area contributed by atoms with Crippen LogP contribution < -0.4 is 10.6 Å². The Morgan fingerprint density at radius 3 is 1.63 bits per heavy atom. The van der Waals surface area contributed by atoms with Crippen molar-refractivity contribution in [1.82, 2.24) is 15.0 Å². The Morgan fingerprint density at radius 2 is 0.981 bits per heavy atom. The first-order valence-electron chi connectivity index (χ1n) is 17.9. The molecule has 0 unspecified atom stereocenters. The first-order chi connectivity index (χ1) is 26.2. The highest BCUT2D eigenvalue weighted by Gasteiger charge is 2.18. The maximum Gasteiger partial charge on any atom is 0.164 e. The molecule has 0 spiro atoms. The van der Waals surface area contributed by atoms with Crippen LogP contribution in [0.2, 0.25) is 0 Å². The lowest BCUT2D eigenvalue weighted by molar-refractivity contribution is 0.588. The molecule has 5 nitrogen and oxygen atoms in total. The van der Waals surface area contributed by atoms with Crippen molar-refractivity contribution in [3.8, 4) is 56.4 Å². The quantitative estimate of drug-likeness (QED) is 0.152. The molecule has 9 rings (SSSR count). The number of rotatable bonds is 7. The lowest BCUT2D eigenvalue weighted by Gasteiger charge is -2.17. The van der Waals surface area contributed by atoms with Crippen LogP contribution in [0.15, 0.2) is 156 Å². The molecule has 0 atom stereocenters. The Hall–Kier alpha value is -5.73. The van der Waals surface area contributed by atoms with Crippen molar-refractivity contribution in [3.63, 3.8) is 0 Å². The molecule has 0 amide bonds. The average molecular weight is 738 g/mol. The van der Waals surface area contributed by atoms with E-state index in [4.69, 9.17) is 19.4 Å². The highest BCUT2D eigenvalue weighted by molar-refractivity contribution is 7.70. The van der Waals surface area contributed by atoms with Crippen LogP contribution in [0.25, 0.3) is 89.1 Å². The van der Waals surface area contributed by atoms with Gasteiger partial charge in [-0.15, -0.1) is 0 Å². The molecular weight excluding hydrogens is 700 g/mol. The van der Waals surface area contributed by atoms with E-state index in [0.29, 0.717) is 17.5 Å². The van der Waals surface area contributed by atoms with Crippen molar-refractivity contribution >= 4 is 58.4 Å². The summed E-state index contributed by atoms with van der Waals surface area (Å²) in [6.45, 7) is 8.22. The molecule has 0 saturated carbocycles. The number of para-hydroxylation sites is 1. The molecule has 7 heteroatoms. The Bertz CT molecular complexity index is 2910. The first kappa shape index (κ1) is 34.1. The predicted molar refractivity (Wildman–Crippen MR) is 229 cm³/mol. The third kappa shape index (κ3) is 6.34. The first-order valence-corrected chi connectivity index (χ1v) is 22.8. The number of fused-ring (bicyclic) bond motifs is 4. The SMILES string of the molecule is CP(C)c1cc(-c2ccc(-c3ccc(-c4nc(-c5ccccc5)nc(-c5ccc6c(c5)oc5ccccc56)n4)cc3)c3ccccc23)cc(P(C)(C)=O)c1. The van der Waals surface area contributed by atoms with Crippen LogP contribution >= 0.6 is 15.1 Å². The van der Waals surface area contributed by atoms with Crippen LogP contribution in [-0.4, -0.2) is 41.6 Å². The fraction of sp³-hybridized carbons (Fsp3) is 0.0851. The zero-order valence-electron chi connectivity index (χ0n) is 30.5. The molecule has 262 valence electrons. The summed E-state index contributed by atoms with van der Waals surface area (Å²) in [6.07, 6.45) is 0. The average Bonchev–Trinajstić information content (AvgIpc) is 3.58. The minimum Gasteiger partial charge on any atom is -0.456 e. The van der Waals surface area contributed by atoms with E-state index in [0.717, 1.165) is 77.0 Å². The van der Waals surface area contributed by atoms with Crippen molar-refractivity contribution in [1.29, 1.82) is 0 Å². The molecule has 7 aromatic carbocycles. The van der Waals surface area contributed by atoms with Gasteiger partial charge < -0.3 is 8.98 Å². The van der Waals surface area contributed by atoms with Crippen molar-refractivity contribution in [3.05, 3.63) is 152 Å². The number of furan rings is 1. The van der Waals surface area contributed by atoms with Gasteiger partial charge in [-0.05, 0) is 101 Å². The van der Waals surface area contributed by atoms with Crippen molar-refractivity contribution in [2.45, 2.75) is 0 Å². The summed E-state index contributed by atoms with van der Waals surface area (Å²) < 4.78 is 19.5. The smallest absolute Gasteiger partial charge is 0.164 e. The van der Waals surface area contributed by atoms with E-state index in [1.165, 1.54) is 5.30 Å². The van der Waals surface area contributed by atoms with Crippen molar-refractivity contribution in [2.75, 3.05) is 26.7 Å². The maximum absolute atomic E-state index is 13.3. The van der Waals surface area contributed by atoms with Crippen LogP contribution in [0.5, 0.6) is 0 Å². The molecule has 0 aliphatic carbocycles. The van der Waals surface area contributed by atoms with Crippen LogP contribution in [0.1, 0.15) is 0 Å². The standard InChI is InChI=1S/C47H37N3O2P2/c1-53(2)35-26-34(27-36(29-35)54(3,4)51)38-25-24-37(39-14-8-9-15-40(38)39)30-18-20-32(21-19-30)46-48-45(31-12-6-5-7-13-31)49-47(50-46)33-22-23-42-41-16-10-11-17-43(41)52-44(42)28-33/h5-29H,1-4H3. The van der Waals surface area contributed by atoms with Gasteiger partial charge in [0.25, 0.3) is 0 Å². The van der Waals surface area contributed by atoms with E-state index >= 15 is 0 Å². The summed E-state index contributed by atoms with van der Waals surface area (Å²) in [4.78, 5) is 14.9. The minimum absolute atomic E-state index is 0.356. The Balaban J connectivity index is 1.12. The zero-order chi connectivity index (χ0) is 37.0. The van der Waals surface area contributed by atoms with Gasteiger partial charge in [0.05, 0.1) is 0 Å². The molecule has 0 N–H and O–H groups in total. The van der Waals surface area contributed by atoms with E-state index in [1.54, 1.807) is 0 Å². The Kier molecular flexibility index (Phi) is 8.58. The van der Waals surface area contributed by atoms with Crippen LogP contribution in [-0.2, 0) is 4.57 Å². The monoisotopic (exact) mass is 737 g/mol. The van der Waals surface area contributed by atoms with Gasteiger partial charge in [0.1, 0.15) is 18.3 Å². The zero-order valence-corrected chi connectivity index (χ0v) is 32.3. The van der Waals surface area contributed by atoms with Gasteiger partial charge >= 0.3 is 0 Å². The number of aromatic nitrogens is 3. The second kappa shape index (κ2) is 13.6. The fourth-order valence-corrected chi connectivity index (χ4v) is 8.93. The second-order valence-electron chi connectivity index (χ2n) is 14.2. The number of hydrogen-bond donors (Lipinski definition) is 0. The lowest BCUT2D eigenvalue weighted by Crippen LogP contribution is -2.12. The topological polar surface area (TPSA) is 68.9 Å². The molecule has 2 heterocycles. The normalized spacial score (nSPS) is 11.9. The second-order valence-corrected chi connectivity index (χ2v) is 19.8. The highest BCUT2D eigenvalue weighted by atomic mass is 31.2. The van der Waals surface area contributed by atoms with Crippen LogP contribution in [0.3, 0.4) is 0 Å². The molecule has 0 fully saturated rings. The van der Waals surface area contributed by atoms with E-state index < -0.39 is 7.14 Å². The molecular formula is C47H37N3O2P2. The summed E-state index contributed by atoms with van der Waals surface area (Å²) in [5.41, 5.74) is 8.82. The van der Waals surface area contributed by atoms with E-state index in [1.807, 2.05) is 67.9 Å². The largest absolute Gasteiger partial charge is 0.456 e. The summed E-state index contributed by atoms with van der Waals surface area (Å²) in [5, 5.41) is 6.67. The van der Waals surface area contributed by atoms with E-state index in [-0.39, 0.29) is 7.92 Å². The van der Waals surface area contributed by atoms with Crippen molar-refractivity contribution < 1.29 is 8.98 Å². The molecule has 2 aromatic heterocycles. The summed E-state index contributed by atoms with van der Waals surface area (Å²) in [6, 6.07) is 52.3. The number of benzene rings is 7. The van der Waals surface area contributed by atoms with Gasteiger partial charge in [-0.3, -0.25) is 0 Å². The number of hydrogen-bond acceptors (Lipinski definition) is 5. The third-order valence-electron chi connectivity index (χ3n) is 10.0. The van der Waals surface area contributed by atoms with Gasteiger partial charge in [-0.2, -0.15) is 0 Å². The minimum atomic E-state index is -2.45. The molecule has 9 aromatic rings. The third-order valence-corrected chi connectivity index (χ3v) is 12.8. The molecule has 0 aliphatic rings.